The van der Waals surface area contributed by atoms with Crippen LogP contribution in [0.4, 0.5) is 10.5 Å². The van der Waals surface area contributed by atoms with Gasteiger partial charge in [0, 0.05) is 29.7 Å². The quantitative estimate of drug-likeness (QED) is 0.443. The van der Waals surface area contributed by atoms with E-state index in [1.165, 1.54) is 13.3 Å². The van der Waals surface area contributed by atoms with Crippen molar-refractivity contribution in [2.24, 2.45) is 5.10 Å². The van der Waals surface area contributed by atoms with Gasteiger partial charge in [0.25, 0.3) is 0 Å². The van der Waals surface area contributed by atoms with Gasteiger partial charge in [-0.3, -0.25) is 4.79 Å². The smallest absolute Gasteiger partial charge is 0.328 e. The number of urea groups is 1. The van der Waals surface area contributed by atoms with Crippen LogP contribution in [0.15, 0.2) is 35.4 Å². The number of rotatable bonds is 7. The van der Waals surface area contributed by atoms with Crippen molar-refractivity contribution < 1.29 is 27.5 Å². The van der Waals surface area contributed by atoms with E-state index in [1.54, 1.807) is 31.4 Å². The number of carbonyl (C=O) groups is 2. The lowest BCUT2D eigenvalue weighted by atomic mass is 9.83. The molecule has 0 spiro atoms. The Morgan fingerprint density at radius 2 is 1.83 bits per heavy atom. The van der Waals surface area contributed by atoms with Crippen LogP contribution in [0.5, 0.6) is 11.5 Å². The molecule has 1 aliphatic heterocycles. The molecular weight excluding hydrogens is 472 g/mol. The number of imide groups is 1. The van der Waals surface area contributed by atoms with Gasteiger partial charge in [0.05, 0.1) is 32.4 Å². The monoisotopic (exact) mass is 502 g/mol. The molecule has 188 valence electrons. The molecule has 3 amide bonds. The molecule has 1 saturated heterocycles. The Hall–Kier alpha value is -3.60. The molecule has 0 atom stereocenters. The van der Waals surface area contributed by atoms with Crippen molar-refractivity contribution in [2.45, 2.75) is 32.6 Å². The van der Waals surface area contributed by atoms with Gasteiger partial charge in [-0.15, -0.1) is 0 Å². The summed E-state index contributed by atoms with van der Waals surface area (Å²) in [6.45, 7) is 6.34. The van der Waals surface area contributed by atoms with Crippen LogP contribution >= 0.6 is 0 Å². The second-order valence-electron chi connectivity index (χ2n) is 9.11. The number of amides is 3. The van der Waals surface area contributed by atoms with Crippen molar-refractivity contribution >= 4 is 33.9 Å². The van der Waals surface area contributed by atoms with Gasteiger partial charge >= 0.3 is 6.03 Å². The number of benzene rings is 2. The van der Waals surface area contributed by atoms with Gasteiger partial charge in [0.2, 0.25) is 15.9 Å². The third-order valence-electron chi connectivity index (χ3n) is 5.37. The van der Waals surface area contributed by atoms with Gasteiger partial charge < -0.3 is 14.8 Å². The number of sulfonamides is 1. The molecule has 2 aromatic rings. The van der Waals surface area contributed by atoms with E-state index >= 15 is 0 Å². The van der Waals surface area contributed by atoms with Crippen LogP contribution in [0.3, 0.4) is 0 Å². The fourth-order valence-electron chi connectivity index (χ4n) is 3.77. The molecule has 0 bridgehead atoms. The van der Waals surface area contributed by atoms with E-state index in [0.717, 1.165) is 16.7 Å². The lowest BCUT2D eigenvalue weighted by molar-refractivity contribution is -0.118. The molecule has 1 fully saturated rings. The average molecular weight is 503 g/mol. The third-order valence-corrected chi connectivity index (χ3v) is 5.81. The van der Waals surface area contributed by atoms with E-state index in [0.29, 0.717) is 40.4 Å². The molecule has 11 heteroatoms. The molecular formula is C24H30N4O6S. The van der Waals surface area contributed by atoms with Crippen molar-refractivity contribution in [3.05, 3.63) is 41.5 Å². The summed E-state index contributed by atoms with van der Waals surface area (Å²) in [7, 11) is -0.462. The summed E-state index contributed by atoms with van der Waals surface area (Å²) >= 11 is 0. The molecule has 2 aromatic carbocycles. The Bertz CT molecular complexity index is 1270. The molecule has 10 nitrogen and oxygen atoms in total. The van der Waals surface area contributed by atoms with Crippen molar-refractivity contribution in [2.75, 3.05) is 31.9 Å². The van der Waals surface area contributed by atoms with Gasteiger partial charge in [-0.1, -0.05) is 26.8 Å². The Morgan fingerprint density at radius 1 is 1.11 bits per heavy atom. The highest BCUT2D eigenvalue weighted by molar-refractivity contribution is 7.88. The first-order chi connectivity index (χ1) is 16.4. The third kappa shape index (κ3) is 5.91. The molecule has 1 aliphatic rings. The number of methoxy groups -OCH3 is 2. The number of hydrogen-bond donors (Lipinski definition) is 2. The Labute approximate surface area is 205 Å². The number of carbonyl (C=O) groups excluding carboxylic acids is 2. The summed E-state index contributed by atoms with van der Waals surface area (Å²) in [5.74, 6) is 0.775. The zero-order chi connectivity index (χ0) is 26.0. The van der Waals surface area contributed by atoms with E-state index < -0.39 is 16.1 Å². The highest BCUT2D eigenvalue weighted by Gasteiger charge is 2.31. The summed E-state index contributed by atoms with van der Waals surface area (Å²) in [6.07, 6.45) is 2.54. The average Bonchev–Trinajstić information content (AvgIpc) is 2.77. The number of ether oxygens (including phenoxy) is 2. The van der Waals surface area contributed by atoms with Crippen molar-refractivity contribution in [3.63, 3.8) is 0 Å². The van der Waals surface area contributed by atoms with Gasteiger partial charge in [-0.25, -0.2) is 22.9 Å². The maximum Gasteiger partial charge on any atom is 0.328 e. The lowest BCUT2D eigenvalue weighted by Crippen LogP contribution is -2.50. The van der Waals surface area contributed by atoms with Crippen molar-refractivity contribution in [3.8, 4) is 22.6 Å². The van der Waals surface area contributed by atoms with Crippen LogP contribution in [0.2, 0.25) is 0 Å². The molecule has 0 saturated carbocycles. The Kier molecular flexibility index (Phi) is 7.39. The molecule has 3 rings (SSSR count). The Morgan fingerprint density at radius 3 is 2.40 bits per heavy atom. The predicted molar refractivity (Wildman–Crippen MR) is 135 cm³/mol. The van der Waals surface area contributed by atoms with Crippen molar-refractivity contribution in [1.29, 1.82) is 0 Å². The lowest BCUT2D eigenvalue weighted by Gasteiger charge is -2.30. The van der Waals surface area contributed by atoms with Crippen LogP contribution in [0.25, 0.3) is 11.1 Å². The number of anilines is 1. The SMILES string of the molecule is COc1ccc(-c2cc(N3C(=O)CCNC3=O)cc(C(C)(C)C)c2OC)cc1/C=N/NS(C)(=O)=O. The normalized spacial score (nSPS) is 14.7. The first kappa shape index (κ1) is 26.0. The van der Waals surface area contributed by atoms with Gasteiger partial charge in [-0.2, -0.15) is 5.10 Å². The van der Waals surface area contributed by atoms with Crippen LogP contribution in [-0.2, 0) is 20.2 Å². The van der Waals surface area contributed by atoms with Crippen LogP contribution in [-0.4, -0.2) is 53.6 Å². The van der Waals surface area contributed by atoms with Crippen LogP contribution in [0, 0.1) is 0 Å². The molecule has 0 radical (unpaired) electrons. The number of nitrogens with one attached hydrogen (secondary N) is 2. The minimum atomic E-state index is -3.52. The molecule has 0 unspecified atom stereocenters. The van der Waals surface area contributed by atoms with E-state index in [-0.39, 0.29) is 17.7 Å². The molecule has 35 heavy (non-hydrogen) atoms. The van der Waals surface area contributed by atoms with Crippen molar-refractivity contribution in [1.82, 2.24) is 10.1 Å². The minimum absolute atomic E-state index is 0.203. The van der Waals surface area contributed by atoms with Gasteiger partial charge in [0.1, 0.15) is 11.5 Å². The van der Waals surface area contributed by atoms with Crippen LogP contribution in [0.1, 0.15) is 38.3 Å². The topological polar surface area (TPSA) is 126 Å². The first-order valence-electron chi connectivity index (χ1n) is 10.9. The molecule has 2 N–H and O–H groups in total. The van der Waals surface area contributed by atoms with Gasteiger partial charge in [-0.05, 0) is 35.2 Å². The zero-order valence-corrected chi connectivity index (χ0v) is 21.4. The summed E-state index contributed by atoms with van der Waals surface area (Å²) in [6, 6.07) is 8.34. The van der Waals surface area contributed by atoms with Gasteiger partial charge in [0.15, 0.2) is 0 Å². The number of hydrogen-bond acceptors (Lipinski definition) is 7. The second-order valence-corrected chi connectivity index (χ2v) is 10.8. The highest BCUT2D eigenvalue weighted by Crippen LogP contribution is 2.43. The first-order valence-corrected chi connectivity index (χ1v) is 12.8. The fraction of sp³-hybridized carbons (Fsp3) is 0.375. The maximum absolute atomic E-state index is 12.6. The molecule has 0 aromatic heterocycles. The summed E-state index contributed by atoms with van der Waals surface area (Å²) < 4.78 is 34.0. The number of nitrogens with zero attached hydrogens (tertiary/aromatic N) is 2. The predicted octanol–water partition coefficient (Wildman–Crippen LogP) is 3.00. The number of hydrazone groups is 1. The maximum atomic E-state index is 12.6. The highest BCUT2D eigenvalue weighted by atomic mass is 32.2. The fourth-order valence-corrected chi connectivity index (χ4v) is 4.01. The summed E-state index contributed by atoms with van der Waals surface area (Å²) in [5.41, 5.74) is 2.72. The van der Waals surface area contributed by atoms with Crippen LogP contribution < -0.4 is 24.5 Å². The minimum Gasteiger partial charge on any atom is -0.496 e. The van der Waals surface area contributed by atoms with E-state index in [9.17, 15) is 18.0 Å². The van der Waals surface area contributed by atoms with E-state index in [2.05, 4.69) is 15.2 Å². The molecule has 1 heterocycles. The van der Waals surface area contributed by atoms with E-state index in [1.807, 2.05) is 26.8 Å². The Balaban J connectivity index is 2.24. The van der Waals surface area contributed by atoms with E-state index in [4.69, 9.17) is 9.47 Å². The second kappa shape index (κ2) is 9.95. The largest absolute Gasteiger partial charge is 0.496 e. The summed E-state index contributed by atoms with van der Waals surface area (Å²) in [4.78, 5) is 28.4. The standard InChI is InChI=1S/C24H30N4O6S/c1-24(2,3)19-13-17(28-21(29)9-10-25-23(28)30)12-18(22(19)34-5)15-7-8-20(33-4)16(11-15)14-26-27-35(6,31)32/h7-8,11-14,27H,9-10H2,1-6H3,(H,25,30)/b26-14+. The zero-order valence-electron chi connectivity index (χ0n) is 20.6. The summed E-state index contributed by atoms with van der Waals surface area (Å²) in [5, 5.41) is 6.50. The molecule has 0 aliphatic carbocycles.